The van der Waals surface area contributed by atoms with Crippen molar-refractivity contribution < 1.29 is 4.74 Å². The molecule has 0 fully saturated rings. The first kappa shape index (κ1) is 13.7. The predicted molar refractivity (Wildman–Crippen MR) is 79.0 cm³/mol. The van der Waals surface area contributed by atoms with Crippen LogP contribution in [0.15, 0.2) is 47.6 Å². The summed E-state index contributed by atoms with van der Waals surface area (Å²) in [6, 6.07) is 12.8. The molecular weight excluding hydrogens is 283 g/mol. The number of benzene rings is 2. The van der Waals surface area contributed by atoms with Gasteiger partial charge in [0.15, 0.2) is 0 Å². The summed E-state index contributed by atoms with van der Waals surface area (Å²) in [7, 11) is 0. The Morgan fingerprint density at radius 3 is 2.47 bits per heavy atom. The Morgan fingerprint density at radius 1 is 1.11 bits per heavy atom. The molecule has 0 aliphatic carbocycles. The second-order valence-electron chi connectivity index (χ2n) is 3.88. The molecule has 0 atom stereocenters. The fourth-order valence-corrected chi connectivity index (χ4v) is 1.91. The number of hydrazone groups is 1. The van der Waals surface area contributed by atoms with Crippen LogP contribution in [0, 0.1) is 0 Å². The molecule has 0 amide bonds. The van der Waals surface area contributed by atoms with Crippen molar-refractivity contribution >= 4 is 29.4 Å². The van der Waals surface area contributed by atoms with E-state index < -0.39 is 0 Å². The summed E-state index contributed by atoms with van der Waals surface area (Å²) >= 11 is 11.9. The van der Waals surface area contributed by atoms with Crippen molar-refractivity contribution in [2.24, 2.45) is 10.9 Å². The lowest BCUT2D eigenvalue weighted by Gasteiger charge is -2.08. The van der Waals surface area contributed by atoms with Crippen LogP contribution in [0.4, 0.5) is 0 Å². The highest BCUT2D eigenvalue weighted by Gasteiger charge is 2.03. The summed E-state index contributed by atoms with van der Waals surface area (Å²) in [6.45, 7) is 0.432. The summed E-state index contributed by atoms with van der Waals surface area (Å²) in [5.41, 5.74) is 1.85. The fraction of sp³-hybridized carbons (Fsp3) is 0.0714. The van der Waals surface area contributed by atoms with Crippen LogP contribution < -0.4 is 10.6 Å². The van der Waals surface area contributed by atoms with Gasteiger partial charge in [-0.1, -0.05) is 35.3 Å². The number of rotatable bonds is 4. The van der Waals surface area contributed by atoms with Crippen LogP contribution in [0.2, 0.25) is 10.0 Å². The molecule has 5 heteroatoms. The van der Waals surface area contributed by atoms with E-state index in [1.54, 1.807) is 12.1 Å². The molecular formula is C14H12Cl2N2O. The number of halogens is 2. The molecule has 0 aliphatic rings. The maximum Gasteiger partial charge on any atom is 0.138 e. The molecule has 2 aromatic rings. The number of hydrogen-bond acceptors (Lipinski definition) is 3. The Balaban J connectivity index is 2.05. The highest BCUT2D eigenvalue weighted by Crippen LogP contribution is 2.26. The van der Waals surface area contributed by atoms with Crippen LogP contribution in [-0.2, 0) is 6.61 Å². The molecule has 98 valence electrons. The fourth-order valence-electron chi connectivity index (χ4n) is 1.54. The van der Waals surface area contributed by atoms with E-state index >= 15 is 0 Å². The van der Waals surface area contributed by atoms with Crippen molar-refractivity contribution in [2.75, 3.05) is 0 Å². The van der Waals surface area contributed by atoms with Crippen molar-refractivity contribution in [3.05, 3.63) is 63.6 Å². The molecule has 0 bridgehead atoms. The highest BCUT2D eigenvalue weighted by molar-refractivity contribution is 6.32. The summed E-state index contributed by atoms with van der Waals surface area (Å²) in [5.74, 6) is 5.70. The molecule has 0 unspecified atom stereocenters. The predicted octanol–water partition coefficient (Wildman–Crippen LogP) is 3.87. The Hall–Kier alpha value is -1.71. The van der Waals surface area contributed by atoms with Crippen LogP contribution >= 0.6 is 23.2 Å². The van der Waals surface area contributed by atoms with Gasteiger partial charge in [0.05, 0.1) is 11.2 Å². The molecule has 2 N–H and O–H groups in total. The second-order valence-corrected chi connectivity index (χ2v) is 4.73. The standard InChI is InChI=1S/C14H12Cl2N2O/c15-12-4-1-10(2-5-12)9-19-14-6-3-11(8-18-17)7-13(14)16/h1-8H,9,17H2. The molecule has 0 spiro atoms. The molecule has 2 aromatic carbocycles. The topological polar surface area (TPSA) is 47.6 Å². The molecule has 0 saturated carbocycles. The lowest BCUT2D eigenvalue weighted by atomic mass is 10.2. The molecule has 0 aliphatic heterocycles. The third kappa shape index (κ3) is 3.88. The van der Waals surface area contributed by atoms with Gasteiger partial charge >= 0.3 is 0 Å². The number of nitrogens with zero attached hydrogens (tertiary/aromatic N) is 1. The maximum absolute atomic E-state index is 6.11. The quantitative estimate of drug-likeness (QED) is 0.529. The summed E-state index contributed by atoms with van der Waals surface area (Å²) < 4.78 is 5.65. The van der Waals surface area contributed by atoms with Crippen LogP contribution in [0.25, 0.3) is 0 Å². The molecule has 2 rings (SSSR count). The second kappa shape index (κ2) is 6.45. The van der Waals surface area contributed by atoms with Gasteiger partial charge in [0.25, 0.3) is 0 Å². The first-order valence-electron chi connectivity index (χ1n) is 5.59. The van der Waals surface area contributed by atoms with Gasteiger partial charge in [-0.2, -0.15) is 5.10 Å². The third-order valence-electron chi connectivity index (χ3n) is 2.49. The SMILES string of the molecule is NN=Cc1ccc(OCc2ccc(Cl)cc2)c(Cl)c1. The van der Waals surface area contributed by atoms with Gasteiger partial charge in [-0.25, -0.2) is 0 Å². The van der Waals surface area contributed by atoms with Crippen LogP contribution in [-0.4, -0.2) is 6.21 Å². The molecule has 0 aromatic heterocycles. The summed E-state index contributed by atoms with van der Waals surface area (Å²) in [6.07, 6.45) is 1.52. The lowest BCUT2D eigenvalue weighted by molar-refractivity contribution is 0.306. The third-order valence-corrected chi connectivity index (χ3v) is 3.03. The minimum absolute atomic E-state index is 0.432. The van der Waals surface area contributed by atoms with Crippen LogP contribution in [0.1, 0.15) is 11.1 Å². The molecule has 19 heavy (non-hydrogen) atoms. The Bertz CT molecular complexity index is 582. The smallest absolute Gasteiger partial charge is 0.138 e. The number of hydrogen-bond donors (Lipinski definition) is 1. The monoisotopic (exact) mass is 294 g/mol. The van der Waals surface area contributed by atoms with Crippen molar-refractivity contribution in [3.63, 3.8) is 0 Å². The summed E-state index contributed by atoms with van der Waals surface area (Å²) in [4.78, 5) is 0. The van der Waals surface area contributed by atoms with E-state index in [1.165, 1.54) is 6.21 Å². The zero-order valence-electron chi connectivity index (χ0n) is 10.0. The van der Waals surface area contributed by atoms with Gasteiger partial charge in [0.1, 0.15) is 12.4 Å². The van der Waals surface area contributed by atoms with Crippen molar-refractivity contribution in [1.82, 2.24) is 0 Å². The summed E-state index contributed by atoms with van der Waals surface area (Å²) in [5, 5.41) is 4.66. The van der Waals surface area contributed by atoms with E-state index in [-0.39, 0.29) is 0 Å². The minimum Gasteiger partial charge on any atom is -0.487 e. The Morgan fingerprint density at radius 2 is 1.84 bits per heavy atom. The van der Waals surface area contributed by atoms with E-state index in [2.05, 4.69) is 5.10 Å². The van der Waals surface area contributed by atoms with Gasteiger partial charge in [-0.3, -0.25) is 0 Å². The minimum atomic E-state index is 0.432. The zero-order valence-corrected chi connectivity index (χ0v) is 11.5. The first-order valence-corrected chi connectivity index (χ1v) is 6.34. The molecule has 0 heterocycles. The Kier molecular flexibility index (Phi) is 4.66. The van der Waals surface area contributed by atoms with E-state index in [0.717, 1.165) is 11.1 Å². The number of ether oxygens (including phenoxy) is 1. The van der Waals surface area contributed by atoms with Crippen molar-refractivity contribution in [2.45, 2.75) is 6.61 Å². The van der Waals surface area contributed by atoms with Crippen LogP contribution in [0.3, 0.4) is 0 Å². The van der Waals surface area contributed by atoms with Crippen LogP contribution in [0.5, 0.6) is 5.75 Å². The Labute approximate surface area is 121 Å². The normalized spacial score (nSPS) is 10.8. The molecule has 0 saturated heterocycles. The highest BCUT2D eigenvalue weighted by atomic mass is 35.5. The average Bonchev–Trinajstić information content (AvgIpc) is 2.40. The van der Waals surface area contributed by atoms with Gasteiger partial charge in [0, 0.05) is 5.02 Å². The largest absolute Gasteiger partial charge is 0.487 e. The lowest BCUT2D eigenvalue weighted by Crippen LogP contribution is -1.96. The van der Waals surface area contributed by atoms with Crippen molar-refractivity contribution in [3.8, 4) is 5.75 Å². The molecule has 0 radical (unpaired) electrons. The van der Waals surface area contributed by atoms with E-state index in [9.17, 15) is 0 Å². The van der Waals surface area contributed by atoms with E-state index in [1.807, 2.05) is 30.3 Å². The van der Waals surface area contributed by atoms with E-state index in [0.29, 0.717) is 22.4 Å². The van der Waals surface area contributed by atoms with E-state index in [4.69, 9.17) is 33.8 Å². The maximum atomic E-state index is 6.11. The van der Waals surface area contributed by atoms with Gasteiger partial charge < -0.3 is 10.6 Å². The average molecular weight is 295 g/mol. The first-order chi connectivity index (χ1) is 9.19. The molecule has 3 nitrogen and oxygen atoms in total. The number of nitrogens with two attached hydrogens (primary N) is 1. The van der Waals surface area contributed by atoms with Crippen molar-refractivity contribution in [1.29, 1.82) is 0 Å². The van der Waals surface area contributed by atoms with Gasteiger partial charge in [-0.15, -0.1) is 0 Å². The van der Waals surface area contributed by atoms with Gasteiger partial charge in [-0.05, 0) is 41.5 Å². The zero-order chi connectivity index (χ0) is 13.7. The van der Waals surface area contributed by atoms with Gasteiger partial charge in [0.2, 0.25) is 0 Å².